The van der Waals surface area contributed by atoms with E-state index in [1.165, 1.54) is 11.3 Å². The molecule has 0 aliphatic carbocycles. The van der Waals surface area contributed by atoms with Crippen LogP contribution in [-0.4, -0.2) is 18.2 Å². The average molecular weight is 284 g/mol. The molecule has 0 aliphatic heterocycles. The first-order valence-corrected chi connectivity index (χ1v) is 6.91. The monoisotopic (exact) mass is 284 g/mol. The van der Waals surface area contributed by atoms with Crippen molar-refractivity contribution in [2.24, 2.45) is 0 Å². The standard InChI is InChI=1S/C16H12O3S/c1-19-11-7-8-13-12(9-11)14(15(20-13)16(17)18)10-5-3-2-4-6-10/h2-9H,1H3,(H,17,18). The molecule has 2 aromatic carbocycles. The predicted octanol–water partition coefficient (Wildman–Crippen LogP) is 4.28. The van der Waals surface area contributed by atoms with E-state index in [1.807, 2.05) is 48.5 Å². The number of benzene rings is 2. The van der Waals surface area contributed by atoms with Crippen LogP contribution in [0.1, 0.15) is 9.67 Å². The molecule has 0 atom stereocenters. The number of rotatable bonds is 3. The van der Waals surface area contributed by atoms with E-state index in [0.717, 1.165) is 27.0 Å². The zero-order chi connectivity index (χ0) is 14.1. The Morgan fingerprint density at radius 2 is 1.90 bits per heavy atom. The Bertz CT molecular complexity index is 775. The molecule has 3 nitrogen and oxygen atoms in total. The van der Waals surface area contributed by atoms with Gasteiger partial charge >= 0.3 is 5.97 Å². The Kier molecular flexibility index (Phi) is 3.16. The minimum Gasteiger partial charge on any atom is -0.497 e. The highest BCUT2D eigenvalue weighted by Gasteiger charge is 2.19. The van der Waals surface area contributed by atoms with Crippen LogP contribution < -0.4 is 4.74 Å². The lowest BCUT2D eigenvalue weighted by atomic mass is 10.0. The molecule has 3 rings (SSSR count). The molecule has 0 fully saturated rings. The van der Waals surface area contributed by atoms with Gasteiger partial charge in [-0.2, -0.15) is 0 Å². The lowest BCUT2D eigenvalue weighted by molar-refractivity contribution is 0.0703. The van der Waals surface area contributed by atoms with Crippen LogP contribution in [0, 0.1) is 0 Å². The van der Waals surface area contributed by atoms with Gasteiger partial charge in [0.05, 0.1) is 7.11 Å². The molecule has 1 N–H and O–H groups in total. The molecule has 0 saturated carbocycles. The maximum Gasteiger partial charge on any atom is 0.346 e. The SMILES string of the molecule is COc1ccc2sc(C(=O)O)c(-c3ccccc3)c2c1. The van der Waals surface area contributed by atoms with E-state index >= 15 is 0 Å². The number of carboxylic acid groups (broad SMARTS) is 1. The summed E-state index contributed by atoms with van der Waals surface area (Å²) in [5.41, 5.74) is 1.67. The number of fused-ring (bicyclic) bond motifs is 1. The number of hydrogen-bond acceptors (Lipinski definition) is 3. The fourth-order valence-corrected chi connectivity index (χ4v) is 3.29. The fourth-order valence-electron chi connectivity index (χ4n) is 2.25. The molecule has 100 valence electrons. The molecule has 0 unspecified atom stereocenters. The molecular formula is C16H12O3S. The number of carboxylic acids is 1. The van der Waals surface area contributed by atoms with Crippen molar-refractivity contribution in [1.82, 2.24) is 0 Å². The molecule has 0 bridgehead atoms. The molecule has 0 radical (unpaired) electrons. The van der Waals surface area contributed by atoms with Crippen molar-refractivity contribution in [3.05, 3.63) is 53.4 Å². The van der Waals surface area contributed by atoms with Crippen LogP contribution in [0.3, 0.4) is 0 Å². The van der Waals surface area contributed by atoms with Crippen molar-refractivity contribution in [3.63, 3.8) is 0 Å². The van der Waals surface area contributed by atoms with Crippen LogP contribution in [0.2, 0.25) is 0 Å². The lowest BCUT2D eigenvalue weighted by Crippen LogP contribution is -1.94. The average Bonchev–Trinajstić information content (AvgIpc) is 2.86. The third kappa shape index (κ3) is 2.04. The minimum absolute atomic E-state index is 0.361. The van der Waals surface area contributed by atoms with Crippen LogP contribution in [0.25, 0.3) is 21.2 Å². The molecule has 3 aromatic rings. The van der Waals surface area contributed by atoms with Crippen molar-refractivity contribution >= 4 is 27.4 Å². The maximum atomic E-state index is 11.5. The van der Waals surface area contributed by atoms with Crippen LogP contribution in [0.5, 0.6) is 5.75 Å². The van der Waals surface area contributed by atoms with Crippen molar-refractivity contribution < 1.29 is 14.6 Å². The predicted molar refractivity (Wildman–Crippen MR) is 80.8 cm³/mol. The third-order valence-corrected chi connectivity index (χ3v) is 4.31. The minimum atomic E-state index is -0.899. The van der Waals surface area contributed by atoms with Crippen molar-refractivity contribution in [3.8, 4) is 16.9 Å². The molecule has 20 heavy (non-hydrogen) atoms. The summed E-state index contributed by atoms with van der Waals surface area (Å²) in [4.78, 5) is 11.9. The smallest absolute Gasteiger partial charge is 0.346 e. The second-order valence-corrected chi connectivity index (χ2v) is 5.39. The summed E-state index contributed by atoms with van der Waals surface area (Å²) in [7, 11) is 1.60. The van der Waals surface area contributed by atoms with Crippen LogP contribution in [0.4, 0.5) is 0 Å². The Morgan fingerprint density at radius 3 is 2.55 bits per heavy atom. The number of hydrogen-bond donors (Lipinski definition) is 1. The molecule has 1 aromatic heterocycles. The molecule has 0 aliphatic rings. The van der Waals surface area contributed by atoms with Crippen LogP contribution >= 0.6 is 11.3 Å². The van der Waals surface area contributed by atoms with Gasteiger partial charge in [-0.3, -0.25) is 0 Å². The molecule has 0 amide bonds. The van der Waals surface area contributed by atoms with Crippen molar-refractivity contribution in [2.75, 3.05) is 7.11 Å². The summed E-state index contributed by atoms with van der Waals surface area (Å²) in [6.07, 6.45) is 0. The van der Waals surface area contributed by atoms with Gasteiger partial charge in [-0.15, -0.1) is 11.3 Å². The normalized spacial score (nSPS) is 10.7. The van der Waals surface area contributed by atoms with E-state index in [-0.39, 0.29) is 0 Å². The van der Waals surface area contributed by atoms with Gasteiger partial charge in [-0.05, 0) is 23.8 Å². The first-order valence-electron chi connectivity index (χ1n) is 6.10. The largest absolute Gasteiger partial charge is 0.497 e. The Morgan fingerprint density at radius 1 is 1.15 bits per heavy atom. The third-order valence-electron chi connectivity index (χ3n) is 3.15. The zero-order valence-electron chi connectivity index (χ0n) is 10.8. The van der Waals surface area contributed by atoms with Gasteiger partial charge in [-0.1, -0.05) is 30.3 Å². The Hall–Kier alpha value is -2.33. The van der Waals surface area contributed by atoms with Gasteiger partial charge in [0.1, 0.15) is 10.6 Å². The lowest BCUT2D eigenvalue weighted by Gasteiger charge is -2.03. The summed E-state index contributed by atoms with van der Waals surface area (Å²) in [6, 6.07) is 15.2. The summed E-state index contributed by atoms with van der Waals surface area (Å²) < 4.78 is 6.19. The quantitative estimate of drug-likeness (QED) is 0.781. The Balaban J connectivity index is 2.36. The summed E-state index contributed by atoms with van der Waals surface area (Å²) in [6.45, 7) is 0. The van der Waals surface area contributed by atoms with E-state index in [1.54, 1.807) is 7.11 Å². The number of ether oxygens (including phenoxy) is 1. The number of methoxy groups -OCH3 is 1. The van der Waals surface area contributed by atoms with Gasteiger partial charge in [0.2, 0.25) is 0 Å². The summed E-state index contributed by atoms with van der Waals surface area (Å²) in [5.74, 6) is -0.173. The fraction of sp³-hybridized carbons (Fsp3) is 0.0625. The summed E-state index contributed by atoms with van der Waals surface area (Å²) >= 11 is 1.29. The van der Waals surface area contributed by atoms with Gasteiger partial charge in [-0.25, -0.2) is 4.79 Å². The number of thiophene rings is 1. The van der Waals surface area contributed by atoms with Gasteiger partial charge < -0.3 is 9.84 Å². The molecule has 0 spiro atoms. The van der Waals surface area contributed by atoms with Crippen molar-refractivity contribution in [2.45, 2.75) is 0 Å². The van der Waals surface area contributed by atoms with Gasteiger partial charge in [0, 0.05) is 15.6 Å². The topological polar surface area (TPSA) is 46.5 Å². The van der Waals surface area contributed by atoms with Gasteiger partial charge in [0.25, 0.3) is 0 Å². The summed E-state index contributed by atoms with van der Waals surface area (Å²) in [5, 5.41) is 10.3. The highest BCUT2D eigenvalue weighted by Crippen LogP contribution is 2.40. The van der Waals surface area contributed by atoms with E-state index < -0.39 is 5.97 Å². The molecule has 1 heterocycles. The number of carbonyl (C=O) groups is 1. The van der Waals surface area contributed by atoms with Crippen molar-refractivity contribution in [1.29, 1.82) is 0 Å². The second kappa shape index (κ2) is 4.98. The second-order valence-electron chi connectivity index (χ2n) is 4.34. The van der Waals surface area contributed by atoms with E-state index in [0.29, 0.717) is 4.88 Å². The van der Waals surface area contributed by atoms with E-state index in [9.17, 15) is 9.90 Å². The highest BCUT2D eigenvalue weighted by molar-refractivity contribution is 7.21. The first-order chi connectivity index (χ1) is 9.70. The first kappa shape index (κ1) is 12.7. The van der Waals surface area contributed by atoms with E-state index in [2.05, 4.69) is 0 Å². The Labute approximate surface area is 120 Å². The molecule has 0 saturated heterocycles. The van der Waals surface area contributed by atoms with E-state index in [4.69, 9.17) is 4.74 Å². The highest BCUT2D eigenvalue weighted by atomic mass is 32.1. The zero-order valence-corrected chi connectivity index (χ0v) is 11.6. The van der Waals surface area contributed by atoms with Crippen LogP contribution in [-0.2, 0) is 0 Å². The molecule has 4 heteroatoms. The van der Waals surface area contributed by atoms with Crippen LogP contribution in [0.15, 0.2) is 48.5 Å². The van der Waals surface area contributed by atoms with Gasteiger partial charge in [0.15, 0.2) is 0 Å². The maximum absolute atomic E-state index is 11.5. The number of aromatic carboxylic acids is 1. The molecular weight excluding hydrogens is 272 g/mol.